The van der Waals surface area contributed by atoms with Crippen LogP contribution in [-0.2, 0) is 4.74 Å². The molecule has 0 radical (unpaired) electrons. The molecule has 0 atom stereocenters. The number of thiazole rings is 1. The van der Waals surface area contributed by atoms with E-state index in [4.69, 9.17) is 9.72 Å². The van der Waals surface area contributed by atoms with Crippen molar-refractivity contribution in [2.45, 2.75) is 27.7 Å². The molecule has 3 rings (SSSR count). The lowest BCUT2D eigenvalue weighted by Gasteiger charge is -2.24. The molecule has 0 aliphatic heterocycles. The molecule has 1 aromatic heterocycles. The van der Waals surface area contributed by atoms with Gasteiger partial charge >= 0.3 is 5.97 Å². The third-order valence-corrected chi connectivity index (χ3v) is 6.68. The summed E-state index contributed by atoms with van der Waals surface area (Å²) in [7, 11) is 1.34. The molecule has 0 fully saturated rings. The minimum absolute atomic E-state index is 0.128. The number of benzene rings is 2. The van der Waals surface area contributed by atoms with Gasteiger partial charge in [0.15, 0.2) is 5.13 Å². The summed E-state index contributed by atoms with van der Waals surface area (Å²) in [6.45, 7) is 11.5. The van der Waals surface area contributed by atoms with Crippen molar-refractivity contribution in [3.8, 4) is 0 Å². The van der Waals surface area contributed by atoms with Gasteiger partial charge in [0.25, 0.3) is 5.91 Å². The summed E-state index contributed by atoms with van der Waals surface area (Å²) in [6.07, 6.45) is 0. The molecule has 7 heteroatoms. The van der Waals surface area contributed by atoms with Crippen LogP contribution < -0.4 is 4.90 Å². The van der Waals surface area contributed by atoms with Crippen LogP contribution in [0.3, 0.4) is 0 Å². The summed E-state index contributed by atoms with van der Waals surface area (Å²) >= 11 is 1.53. The normalized spacial score (nSPS) is 11.2. The minimum atomic E-state index is -0.422. The van der Waals surface area contributed by atoms with Gasteiger partial charge in [0.2, 0.25) is 0 Å². The number of fused-ring (bicyclic) bond motifs is 1. The van der Waals surface area contributed by atoms with Crippen molar-refractivity contribution in [3.05, 3.63) is 58.7 Å². The largest absolute Gasteiger partial charge is 0.465 e. The molecule has 0 aliphatic carbocycles. The quantitative estimate of drug-likeness (QED) is 0.477. The van der Waals surface area contributed by atoms with Crippen LogP contribution in [0, 0.1) is 13.8 Å². The average Bonchev–Trinajstić information content (AvgIpc) is 3.23. The number of nitrogens with zero attached hydrogens (tertiary/aromatic N) is 3. The first-order valence-corrected chi connectivity index (χ1v) is 11.3. The smallest absolute Gasteiger partial charge is 0.337 e. The molecule has 0 N–H and O–H groups in total. The van der Waals surface area contributed by atoms with Crippen molar-refractivity contribution in [1.29, 1.82) is 0 Å². The third kappa shape index (κ3) is 4.94. The summed E-state index contributed by atoms with van der Waals surface area (Å²) in [4.78, 5) is 34.1. The third-order valence-electron chi connectivity index (χ3n) is 5.64. The summed E-state index contributed by atoms with van der Waals surface area (Å²) < 4.78 is 5.82. The highest BCUT2D eigenvalue weighted by molar-refractivity contribution is 7.22. The van der Waals surface area contributed by atoms with E-state index < -0.39 is 5.97 Å². The van der Waals surface area contributed by atoms with Gasteiger partial charge in [0.05, 0.1) is 22.9 Å². The van der Waals surface area contributed by atoms with E-state index in [0.29, 0.717) is 22.8 Å². The SMILES string of the molecule is CCN(CC)CCN(C(=O)c1ccc(C(=O)OC)cc1)c1nc2c(C)c(C)ccc2s1. The lowest BCUT2D eigenvalue weighted by Crippen LogP contribution is -2.38. The van der Waals surface area contributed by atoms with Gasteiger partial charge in [-0.2, -0.15) is 0 Å². The van der Waals surface area contributed by atoms with Gasteiger partial charge in [-0.1, -0.05) is 31.3 Å². The van der Waals surface area contributed by atoms with E-state index in [9.17, 15) is 9.59 Å². The van der Waals surface area contributed by atoms with Crippen LogP contribution in [0.15, 0.2) is 36.4 Å². The minimum Gasteiger partial charge on any atom is -0.465 e. The zero-order valence-corrected chi connectivity index (χ0v) is 19.6. The second-order valence-corrected chi connectivity index (χ2v) is 8.41. The van der Waals surface area contributed by atoms with Crippen LogP contribution in [0.1, 0.15) is 45.7 Å². The number of ether oxygens (including phenoxy) is 1. The zero-order valence-electron chi connectivity index (χ0n) is 18.8. The molecule has 6 nitrogen and oxygen atoms in total. The van der Waals surface area contributed by atoms with Crippen LogP contribution in [0.25, 0.3) is 10.2 Å². The molecule has 1 amide bonds. The number of amides is 1. The second kappa shape index (κ2) is 10.0. The Balaban J connectivity index is 1.97. The highest BCUT2D eigenvalue weighted by atomic mass is 32.1. The van der Waals surface area contributed by atoms with Crippen LogP contribution in [-0.4, -0.2) is 55.0 Å². The Labute approximate surface area is 187 Å². The van der Waals surface area contributed by atoms with E-state index >= 15 is 0 Å². The fourth-order valence-electron chi connectivity index (χ4n) is 3.42. The molecule has 1 heterocycles. The Hall–Kier alpha value is -2.77. The van der Waals surface area contributed by atoms with Crippen molar-refractivity contribution in [1.82, 2.24) is 9.88 Å². The number of aryl methyl sites for hydroxylation is 2. The number of hydrogen-bond donors (Lipinski definition) is 0. The molecule has 0 spiro atoms. The van der Waals surface area contributed by atoms with Gasteiger partial charge in [-0.15, -0.1) is 0 Å². The molecule has 0 aliphatic rings. The van der Waals surface area contributed by atoms with Gasteiger partial charge in [0, 0.05) is 18.7 Å². The fraction of sp³-hybridized carbons (Fsp3) is 0.375. The molecule has 0 saturated heterocycles. The maximum atomic E-state index is 13.5. The highest BCUT2D eigenvalue weighted by Crippen LogP contribution is 2.32. The van der Waals surface area contributed by atoms with E-state index in [-0.39, 0.29) is 5.91 Å². The fourth-order valence-corrected chi connectivity index (χ4v) is 4.47. The Bertz CT molecular complexity index is 1070. The van der Waals surface area contributed by atoms with Gasteiger partial charge < -0.3 is 9.64 Å². The number of rotatable bonds is 8. The first kappa shape index (κ1) is 22.9. The van der Waals surface area contributed by atoms with Crippen molar-refractivity contribution >= 4 is 38.6 Å². The summed E-state index contributed by atoms with van der Waals surface area (Å²) in [6, 6.07) is 10.7. The zero-order chi connectivity index (χ0) is 22.5. The summed E-state index contributed by atoms with van der Waals surface area (Å²) in [5, 5.41) is 0.693. The highest BCUT2D eigenvalue weighted by Gasteiger charge is 2.23. The Morgan fingerprint density at radius 3 is 2.23 bits per heavy atom. The predicted molar refractivity (Wildman–Crippen MR) is 126 cm³/mol. The van der Waals surface area contributed by atoms with Crippen LogP contribution in [0.4, 0.5) is 5.13 Å². The average molecular weight is 440 g/mol. The number of carbonyl (C=O) groups excluding carboxylic acids is 2. The van der Waals surface area contributed by atoms with Gasteiger partial charge in [0.1, 0.15) is 0 Å². The van der Waals surface area contributed by atoms with Crippen molar-refractivity contribution in [2.75, 3.05) is 38.2 Å². The molecule has 2 aromatic carbocycles. The Morgan fingerprint density at radius 2 is 1.61 bits per heavy atom. The number of likely N-dealkylation sites (N-methyl/N-ethyl adjacent to an activating group) is 1. The van der Waals surface area contributed by atoms with E-state index in [1.165, 1.54) is 24.0 Å². The van der Waals surface area contributed by atoms with E-state index in [0.717, 1.165) is 35.4 Å². The number of esters is 1. The lowest BCUT2D eigenvalue weighted by molar-refractivity contribution is 0.0600. The number of methoxy groups -OCH3 is 1. The van der Waals surface area contributed by atoms with Crippen molar-refractivity contribution in [3.63, 3.8) is 0 Å². The van der Waals surface area contributed by atoms with Crippen LogP contribution >= 0.6 is 11.3 Å². The molecule has 0 bridgehead atoms. The van der Waals surface area contributed by atoms with Gasteiger partial charge in [-0.3, -0.25) is 9.69 Å². The van der Waals surface area contributed by atoms with E-state index in [2.05, 4.69) is 44.7 Å². The van der Waals surface area contributed by atoms with Crippen molar-refractivity contribution < 1.29 is 14.3 Å². The van der Waals surface area contributed by atoms with Crippen molar-refractivity contribution in [2.24, 2.45) is 0 Å². The standard InChI is InChI=1S/C24H29N3O3S/c1-6-26(7-2)14-15-27(22(28)18-9-11-19(12-10-18)23(29)30-5)24-25-21-17(4)16(3)8-13-20(21)31-24/h8-13H,6-7,14-15H2,1-5H3. The Kier molecular flexibility index (Phi) is 7.41. The first-order valence-electron chi connectivity index (χ1n) is 10.5. The number of aromatic nitrogens is 1. The maximum absolute atomic E-state index is 13.5. The second-order valence-electron chi connectivity index (χ2n) is 7.40. The molecule has 0 saturated carbocycles. The number of carbonyl (C=O) groups is 2. The molecular weight excluding hydrogens is 410 g/mol. The van der Waals surface area contributed by atoms with Gasteiger partial charge in [-0.25, -0.2) is 9.78 Å². The lowest BCUT2D eigenvalue weighted by atomic mass is 10.1. The molecule has 3 aromatic rings. The van der Waals surface area contributed by atoms with Crippen LogP contribution in [0.2, 0.25) is 0 Å². The molecule has 164 valence electrons. The van der Waals surface area contributed by atoms with E-state index in [1.54, 1.807) is 29.2 Å². The molecule has 31 heavy (non-hydrogen) atoms. The monoisotopic (exact) mass is 439 g/mol. The summed E-state index contributed by atoms with van der Waals surface area (Å²) in [5.41, 5.74) is 4.20. The Morgan fingerprint density at radius 1 is 0.968 bits per heavy atom. The predicted octanol–water partition coefficient (Wildman–Crippen LogP) is 4.69. The molecule has 0 unspecified atom stereocenters. The molecular formula is C24H29N3O3S. The summed E-state index contributed by atoms with van der Waals surface area (Å²) in [5.74, 6) is -0.550. The maximum Gasteiger partial charge on any atom is 0.337 e. The van der Waals surface area contributed by atoms with Crippen LogP contribution in [0.5, 0.6) is 0 Å². The first-order chi connectivity index (χ1) is 14.9. The van der Waals surface area contributed by atoms with E-state index in [1.807, 2.05) is 0 Å². The number of hydrogen-bond acceptors (Lipinski definition) is 6. The topological polar surface area (TPSA) is 62.7 Å². The van der Waals surface area contributed by atoms with Gasteiger partial charge in [-0.05, 0) is 68.4 Å². The number of anilines is 1.